The maximum Gasteiger partial charge on any atom is 0.286 e. The van der Waals surface area contributed by atoms with E-state index in [4.69, 9.17) is 11.6 Å². The number of piperidine rings is 1. The fraction of sp³-hybridized carbons (Fsp3) is 0.292. The Labute approximate surface area is 206 Å². The third-order valence-electron chi connectivity index (χ3n) is 5.85. The second kappa shape index (κ2) is 10.3. The van der Waals surface area contributed by atoms with Crippen LogP contribution >= 0.6 is 22.9 Å². The Balaban J connectivity index is 1.38. The fourth-order valence-corrected chi connectivity index (χ4v) is 4.58. The molecule has 176 valence electrons. The second-order valence-electron chi connectivity index (χ2n) is 8.20. The van der Waals surface area contributed by atoms with Gasteiger partial charge < -0.3 is 15.5 Å². The highest BCUT2D eigenvalue weighted by molar-refractivity contribution is 7.15. The fourth-order valence-electron chi connectivity index (χ4n) is 3.75. The average Bonchev–Trinajstić information content (AvgIpc) is 3.33. The van der Waals surface area contributed by atoms with E-state index in [1.54, 1.807) is 29.2 Å². The zero-order valence-electron chi connectivity index (χ0n) is 18.8. The van der Waals surface area contributed by atoms with E-state index in [0.717, 1.165) is 28.2 Å². The molecule has 3 amide bonds. The molecule has 1 aromatic heterocycles. The van der Waals surface area contributed by atoms with Gasteiger partial charge in [0.1, 0.15) is 0 Å². The van der Waals surface area contributed by atoms with Crippen molar-refractivity contribution < 1.29 is 14.4 Å². The van der Waals surface area contributed by atoms with Crippen molar-refractivity contribution in [3.63, 3.8) is 0 Å². The van der Waals surface area contributed by atoms with Gasteiger partial charge in [-0.25, -0.2) is 0 Å². The van der Waals surface area contributed by atoms with E-state index in [1.807, 2.05) is 32.0 Å². The van der Waals surface area contributed by atoms with Crippen LogP contribution in [0.3, 0.4) is 0 Å². The quantitative estimate of drug-likeness (QED) is 0.538. The second-order valence-corrected chi connectivity index (χ2v) is 9.61. The number of rotatable bonds is 5. The van der Waals surface area contributed by atoms with Crippen molar-refractivity contribution in [1.29, 1.82) is 0 Å². The van der Waals surface area contributed by atoms with Crippen LogP contribution in [0.1, 0.15) is 43.6 Å². The zero-order chi connectivity index (χ0) is 24.2. The van der Waals surface area contributed by atoms with Crippen molar-refractivity contribution in [2.24, 2.45) is 5.92 Å². The number of nitrogens with zero attached hydrogens (tertiary/aromatic N) is 3. The number of nitrogens with one attached hydrogen (secondary N) is 2. The normalized spacial score (nSPS) is 15.6. The highest BCUT2D eigenvalue weighted by Gasteiger charge is 2.31. The van der Waals surface area contributed by atoms with E-state index in [9.17, 15) is 14.4 Å². The molecular weight excluding hydrogens is 474 g/mol. The molecule has 0 bridgehead atoms. The highest BCUT2D eigenvalue weighted by atomic mass is 35.5. The van der Waals surface area contributed by atoms with Crippen molar-refractivity contribution in [1.82, 2.24) is 15.1 Å². The van der Waals surface area contributed by atoms with Crippen LogP contribution in [-0.4, -0.2) is 45.9 Å². The first-order chi connectivity index (χ1) is 16.3. The summed E-state index contributed by atoms with van der Waals surface area (Å²) in [7, 11) is 0. The summed E-state index contributed by atoms with van der Waals surface area (Å²) in [5.74, 6) is -1.21. The molecule has 34 heavy (non-hydrogen) atoms. The summed E-state index contributed by atoms with van der Waals surface area (Å²) in [6, 6.07) is 12.5. The van der Waals surface area contributed by atoms with E-state index in [1.165, 1.54) is 0 Å². The molecule has 0 aliphatic carbocycles. The van der Waals surface area contributed by atoms with Crippen LogP contribution in [0.5, 0.6) is 0 Å². The maximum absolute atomic E-state index is 13.0. The van der Waals surface area contributed by atoms with Crippen molar-refractivity contribution in [3.8, 4) is 0 Å². The lowest BCUT2D eigenvalue weighted by molar-refractivity contribution is -0.121. The van der Waals surface area contributed by atoms with Crippen LogP contribution in [0, 0.1) is 19.8 Å². The molecule has 4 rings (SSSR count). The number of hydrogen-bond donors (Lipinski definition) is 2. The molecule has 0 unspecified atom stereocenters. The van der Waals surface area contributed by atoms with Gasteiger partial charge in [-0.15, -0.1) is 10.2 Å². The number of aryl methyl sites for hydroxylation is 1. The molecule has 2 aromatic carbocycles. The van der Waals surface area contributed by atoms with Gasteiger partial charge in [-0.05, 0) is 68.1 Å². The van der Waals surface area contributed by atoms with Crippen molar-refractivity contribution in [2.75, 3.05) is 23.7 Å². The first-order valence-electron chi connectivity index (χ1n) is 10.9. The standard InChI is InChI=1S/C24H24ClN5O3S/c1-14-5-3-7-19(15(14)2)27-20(31)16-6-4-12-30(13-16)24(33)23-29-28-22(34-23)21(32)26-18-10-8-17(25)9-11-18/h3,5,7-11,16H,4,6,12-13H2,1-2H3,(H,26,32)(H,27,31)/t16-/m1/s1. The Hall–Kier alpha value is -3.30. The van der Waals surface area contributed by atoms with Crippen LogP contribution < -0.4 is 10.6 Å². The molecule has 1 fully saturated rings. The van der Waals surface area contributed by atoms with E-state index in [2.05, 4.69) is 20.8 Å². The lowest BCUT2D eigenvalue weighted by Crippen LogP contribution is -2.43. The summed E-state index contributed by atoms with van der Waals surface area (Å²) in [6.45, 7) is 4.79. The van der Waals surface area contributed by atoms with Gasteiger partial charge >= 0.3 is 0 Å². The molecule has 3 aromatic rings. The molecule has 2 heterocycles. The lowest BCUT2D eigenvalue weighted by atomic mass is 9.96. The Bertz CT molecular complexity index is 1230. The predicted octanol–water partition coefficient (Wildman–Crippen LogP) is 4.55. The first-order valence-corrected chi connectivity index (χ1v) is 12.1. The smallest absolute Gasteiger partial charge is 0.286 e. The molecule has 8 nitrogen and oxygen atoms in total. The number of halogens is 1. The van der Waals surface area contributed by atoms with Crippen LogP contribution in [0.2, 0.25) is 5.02 Å². The highest BCUT2D eigenvalue weighted by Crippen LogP contribution is 2.24. The Morgan fingerprint density at radius 2 is 1.76 bits per heavy atom. The zero-order valence-corrected chi connectivity index (χ0v) is 20.4. The van der Waals surface area contributed by atoms with Gasteiger partial charge in [0.25, 0.3) is 11.8 Å². The van der Waals surface area contributed by atoms with Crippen molar-refractivity contribution >= 4 is 52.0 Å². The monoisotopic (exact) mass is 497 g/mol. The van der Waals surface area contributed by atoms with Gasteiger partial charge in [-0.1, -0.05) is 35.1 Å². The topological polar surface area (TPSA) is 104 Å². The van der Waals surface area contributed by atoms with Gasteiger partial charge in [0.2, 0.25) is 15.9 Å². The minimum absolute atomic E-state index is 0.0829. The molecule has 1 aliphatic rings. The van der Waals surface area contributed by atoms with Crippen molar-refractivity contribution in [3.05, 3.63) is 68.6 Å². The maximum atomic E-state index is 13.0. The van der Waals surface area contributed by atoms with Gasteiger partial charge in [0.05, 0.1) is 5.92 Å². The molecule has 1 aliphatic heterocycles. The van der Waals surface area contributed by atoms with Crippen molar-refractivity contribution in [2.45, 2.75) is 26.7 Å². The largest absolute Gasteiger partial charge is 0.336 e. The summed E-state index contributed by atoms with van der Waals surface area (Å²) >= 11 is 6.79. The Morgan fingerprint density at radius 1 is 1.03 bits per heavy atom. The third-order valence-corrected chi connectivity index (χ3v) is 7.01. The summed E-state index contributed by atoms with van der Waals surface area (Å²) < 4.78 is 0. The molecular formula is C24H24ClN5O3S. The number of hydrogen-bond acceptors (Lipinski definition) is 6. The number of benzene rings is 2. The lowest BCUT2D eigenvalue weighted by Gasteiger charge is -2.31. The van der Waals surface area contributed by atoms with E-state index in [0.29, 0.717) is 36.6 Å². The number of amides is 3. The van der Waals surface area contributed by atoms with Crippen LogP contribution in [0.15, 0.2) is 42.5 Å². The van der Waals surface area contributed by atoms with Gasteiger partial charge in [-0.3, -0.25) is 14.4 Å². The number of likely N-dealkylation sites (tertiary alicyclic amines) is 1. The summed E-state index contributed by atoms with van der Waals surface area (Å²) in [4.78, 5) is 40.0. The number of aromatic nitrogens is 2. The predicted molar refractivity (Wildman–Crippen MR) is 132 cm³/mol. The summed E-state index contributed by atoms with van der Waals surface area (Å²) in [6.07, 6.45) is 1.41. The molecule has 0 spiro atoms. The minimum atomic E-state index is -0.455. The van der Waals surface area contributed by atoms with Crippen LogP contribution in [0.25, 0.3) is 0 Å². The number of anilines is 2. The molecule has 1 atom stereocenters. The minimum Gasteiger partial charge on any atom is -0.336 e. The Morgan fingerprint density at radius 3 is 2.53 bits per heavy atom. The van der Waals surface area contributed by atoms with Gasteiger partial charge in [0, 0.05) is 29.5 Å². The summed E-state index contributed by atoms with van der Waals surface area (Å²) in [5, 5.41) is 14.3. The molecule has 2 N–H and O–H groups in total. The Kier molecular flexibility index (Phi) is 7.23. The van der Waals surface area contributed by atoms with E-state index >= 15 is 0 Å². The molecule has 1 saturated heterocycles. The first kappa shape index (κ1) is 23.8. The van der Waals surface area contributed by atoms with Crippen LogP contribution in [0.4, 0.5) is 11.4 Å². The van der Waals surface area contributed by atoms with E-state index < -0.39 is 5.91 Å². The van der Waals surface area contributed by atoms with Crippen LogP contribution in [-0.2, 0) is 4.79 Å². The number of carbonyl (C=O) groups is 3. The third kappa shape index (κ3) is 5.43. The molecule has 10 heteroatoms. The summed E-state index contributed by atoms with van der Waals surface area (Å²) in [5.41, 5.74) is 3.48. The van der Waals surface area contributed by atoms with Gasteiger partial charge in [-0.2, -0.15) is 0 Å². The average molecular weight is 498 g/mol. The molecule has 0 radical (unpaired) electrons. The van der Waals surface area contributed by atoms with Gasteiger partial charge in [0.15, 0.2) is 0 Å². The number of carbonyl (C=O) groups excluding carboxylic acids is 3. The SMILES string of the molecule is Cc1cccc(NC(=O)[C@@H]2CCCN(C(=O)c3nnc(C(=O)Nc4ccc(Cl)cc4)s3)C2)c1C. The van der Waals surface area contributed by atoms with E-state index in [-0.39, 0.29) is 27.7 Å². The molecule has 0 saturated carbocycles.